The van der Waals surface area contributed by atoms with E-state index in [2.05, 4.69) is 22.2 Å². The predicted octanol–water partition coefficient (Wildman–Crippen LogP) is 3.32. The van der Waals surface area contributed by atoms with E-state index in [9.17, 15) is 4.79 Å². The van der Waals surface area contributed by atoms with Crippen LogP contribution in [0.2, 0.25) is 0 Å². The van der Waals surface area contributed by atoms with E-state index in [-0.39, 0.29) is 12.5 Å². The van der Waals surface area contributed by atoms with Gasteiger partial charge in [-0.05, 0) is 86.4 Å². The molecule has 5 nitrogen and oxygen atoms in total. The van der Waals surface area contributed by atoms with Crippen molar-refractivity contribution in [3.8, 4) is 5.75 Å². The molecule has 0 aromatic heterocycles. The molecule has 132 valence electrons. The number of carbonyl (C=O) groups excluding carboxylic acids is 1. The average Bonchev–Trinajstić information content (AvgIpc) is 2.53. The Morgan fingerprint density at radius 3 is 2.28 bits per heavy atom. The summed E-state index contributed by atoms with van der Waals surface area (Å²) in [7, 11) is 0. The standard InChI is InChI=1S/C19H23N3O2S/c1-12-7-13(2)9-16(8-12)20-19(25)22-21-18(23)11-24-17-6-5-14(3)15(4)10-17/h5-10H,11H2,1-4H3,(H,21,23)(H2,20,22,25). The molecule has 0 fully saturated rings. The van der Waals surface area contributed by atoms with Crippen molar-refractivity contribution in [1.29, 1.82) is 0 Å². The Hall–Kier alpha value is -2.60. The lowest BCUT2D eigenvalue weighted by Gasteiger charge is -2.13. The van der Waals surface area contributed by atoms with Crippen molar-refractivity contribution in [3.05, 3.63) is 58.7 Å². The maximum atomic E-state index is 11.8. The summed E-state index contributed by atoms with van der Waals surface area (Å²) in [5.41, 5.74) is 10.6. The summed E-state index contributed by atoms with van der Waals surface area (Å²) in [4.78, 5) is 11.8. The lowest BCUT2D eigenvalue weighted by atomic mass is 10.1. The molecule has 0 saturated carbocycles. The Balaban J connectivity index is 1.77. The Labute approximate surface area is 153 Å². The van der Waals surface area contributed by atoms with Crippen LogP contribution in [0, 0.1) is 27.7 Å². The highest BCUT2D eigenvalue weighted by molar-refractivity contribution is 7.80. The van der Waals surface area contributed by atoms with E-state index in [0.29, 0.717) is 10.9 Å². The van der Waals surface area contributed by atoms with Gasteiger partial charge in [0.2, 0.25) is 0 Å². The van der Waals surface area contributed by atoms with Gasteiger partial charge in [-0.1, -0.05) is 12.1 Å². The van der Waals surface area contributed by atoms with Gasteiger partial charge in [0.25, 0.3) is 5.91 Å². The molecule has 0 unspecified atom stereocenters. The van der Waals surface area contributed by atoms with Gasteiger partial charge < -0.3 is 10.1 Å². The molecule has 0 spiro atoms. The van der Waals surface area contributed by atoms with Crippen LogP contribution >= 0.6 is 12.2 Å². The summed E-state index contributed by atoms with van der Waals surface area (Å²) >= 11 is 5.17. The second kappa shape index (κ2) is 8.48. The molecule has 0 heterocycles. The molecule has 2 aromatic carbocycles. The maximum absolute atomic E-state index is 11.8. The van der Waals surface area contributed by atoms with Gasteiger partial charge in [-0.3, -0.25) is 15.6 Å². The molecule has 0 atom stereocenters. The first-order valence-corrected chi connectivity index (χ1v) is 8.38. The molecule has 3 N–H and O–H groups in total. The molecular formula is C19H23N3O2S. The van der Waals surface area contributed by atoms with E-state index in [4.69, 9.17) is 17.0 Å². The number of amides is 1. The van der Waals surface area contributed by atoms with Gasteiger partial charge in [-0.25, -0.2) is 0 Å². The Bertz CT molecular complexity index is 770. The summed E-state index contributed by atoms with van der Waals surface area (Å²) in [6, 6.07) is 11.7. The molecule has 0 saturated heterocycles. The number of carbonyl (C=O) groups is 1. The highest BCUT2D eigenvalue weighted by Gasteiger charge is 2.05. The summed E-state index contributed by atoms with van der Waals surface area (Å²) < 4.78 is 5.47. The van der Waals surface area contributed by atoms with E-state index >= 15 is 0 Å². The number of nitrogens with one attached hydrogen (secondary N) is 3. The summed E-state index contributed by atoms with van der Waals surface area (Å²) in [5, 5.41) is 3.34. The third-order valence-electron chi connectivity index (χ3n) is 3.64. The molecule has 1 amide bonds. The first kappa shape index (κ1) is 18.7. The van der Waals surface area contributed by atoms with E-state index in [1.165, 1.54) is 5.56 Å². The lowest BCUT2D eigenvalue weighted by Crippen LogP contribution is -2.45. The second-order valence-corrected chi connectivity index (χ2v) is 6.45. The van der Waals surface area contributed by atoms with Crippen LogP contribution in [-0.4, -0.2) is 17.6 Å². The quantitative estimate of drug-likeness (QED) is 0.579. The van der Waals surface area contributed by atoms with Crippen molar-refractivity contribution in [2.75, 3.05) is 11.9 Å². The number of thiocarbonyl (C=S) groups is 1. The molecule has 6 heteroatoms. The number of benzene rings is 2. The molecule has 0 aliphatic carbocycles. The third-order valence-corrected chi connectivity index (χ3v) is 3.85. The largest absolute Gasteiger partial charge is 0.484 e. The summed E-state index contributed by atoms with van der Waals surface area (Å²) in [6.45, 7) is 7.96. The van der Waals surface area contributed by atoms with E-state index < -0.39 is 0 Å². The van der Waals surface area contributed by atoms with Crippen molar-refractivity contribution in [2.24, 2.45) is 0 Å². The number of hydrazine groups is 1. The SMILES string of the molecule is Cc1cc(C)cc(NC(=S)NNC(=O)COc2ccc(C)c(C)c2)c1. The average molecular weight is 357 g/mol. The number of ether oxygens (including phenoxy) is 1. The van der Waals surface area contributed by atoms with Crippen molar-refractivity contribution in [2.45, 2.75) is 27.7 Å². The molecule has 25 heavy (non-hydrogen) atoms. The number of aryl methyl sites for hydroxylation is 4. The Morgan fingerprint density at radius 2 is 1.64 bits per heavy atom. The topological polar surface area (TPSA) is 62.4 Å². The van der Waals surface area contributed by atoms with Gasteiger partial charge in [0.15, 0.2) is 11.7 Å². The van der Waals surface area contributed by atoms with E-state index in [1.807, 2.05) is 58.0 Å². The fourth-order valence-electron chi connectivity index (χ4n) is 2.32. The first-order chi connectivity index (χ1) is 11.8. The van der Waals surface area contributed by atoms with Crippen LogP contribution in [-0.2, 0) is 4.79 Å². The Kier molecular flexibility index (Phi) is 6.36. The minimum atomic E-state index is -0.317. The van der Waals surface area contributed by atoms with E-state index in [0.717, 1.165) is 22.4 Å². The summed E-state index contributed by atoms with van der Waals surface area (Å²) in [6.07, 6.45) is 0. The molecule has 2 rings (SSSR count). The van der Waals surface area contributed by atoms with E-state index in [1.54, 1.807) is 0 Å². The van der Waals surface area contributed by atoms with Crippen LogP contribution < -0.4 is 20.9 Å². The van der Waals surface area contributed by atoms with Gasteiger partial charge in [0, 0.05) is 5.69 Å². The number of hydrogen-bond donors (Lipinski definition) is 3. The van der Waals surface area contributed by atoms with Crippen LogP contribution in [0.25, 0.3) is 0 Å². The van der Waals surface area contributed by atoms with Crippen LogP contribution in [0.15, 0.2) is 36.4 Å². The van der Waals surface area contributed by atoms with Crippen molar-refractivity contribution < 1.29 is 9.53 Å². The zero-order valence-corrected chi connectivity index (χ0v) is 15.7. The van der Waals surface area contributed by atoms with Gasteiger partial charge >= 0.3 is 0 Å². The van der Waals surface area contributed by atoms with Crippen LogP contribution in [0.4, 0.5) is 5.69 Å². The molecule has 0 bridgehead atoms. The normalized spacial score (nSPS) is 10.1. The summed E-state index contributed by atoms with van der Waals surface area (Å²) in [5.74, 6) is 0.344. The minimum absolute atomic E-state index is 0.0956. The van der Waals surface area contributed by atoms with Crippen LogP contribution in [0.1, 0.15) is 22.3 Å². The zero-order valence-electron chi connectivity index (χ0n) is 14.9. The van der Waals surface area contributed by atoms with Crippen LogP contribution in [0.5, 0.6) is 5.75 Å². The highest BCUT2D eigenvalue weighted by Crippen LogP contribution is 2.16. The van der Waals surface area contributed by atoms with Gasteiger partial charge in [-0.15, -0.1) is 0 Å². The first-order valence-electron chi connectivity index (χ1n) is 7.97. The Morgan fingerprint density at radius 1 is 0.960 bits per heavy atom. The minimum Gasteiger partial charge on any atom is -0.484 e. The lowest BCUT2D eigenvalue weighted by molar-refractivity contribution is -0.123. The van der Waals surface area contributed by atoms with Gasteiger partial charge in [0.05, 0.1) is 0 Å². The molecule has 0 aliphatic rings. The third kappa shape index (κ3) is 6.08. The fourth-order valence-corrected chi connectivity index (χ4v) is 2.49. The highest BCUT2D eigenvalue weighted by atomic mass is 32.1. The second-order valence-electron chi connectivity index (χ2n) is 6.04. The number of anilines is 1. The van der Waals surface area contributed by atoms with Gasteiger partial charge in [-0.2, -0.15) is 0 Å². The van der Waals surface area contributed by atoms with Crippen molar-refractivity contribution in [3.63, 3.8) is 0 Å². The molecule has 0 aliphatic heterocycles. The number of hydrogen-bond acceptors (Lipinski definition) is 3. The zero-order chi connectivity index (χ0) is 18.4. The smallest absolute Gasteiger partial charge is 0.276 e. The maximum Gasteiger partial charge on any atom is 0.276 e. The van der Waals surface area contributed by atoms with Gasteiger partial charge in [0.1, 0.15) is 5.75 Å². The van der Waals surface area contributed by atoms with Crippen molar-refractivity contribution >= 4 is 28.9 Å². The number of rotatable bonds is 4. The van der Waals surface area contributed by atoms with Crippen LogP contribution in [0.3, 0.4) is 0 Å². The molecule has 0 radical (unpaired) electrons. The molecule has 2 aromatic rings. The predicted molar refractivity (Wildman–Crippen MR) is 105 cm³/mol. The monoisotopic (exact) mass is 357 g/mol. The fraction of sp³-hybridized carbons (Fsp3) is 0.263. The molecular weight excluding hydrogens is 334 g/mol. The van der Waals surface area contributed by atoms with Crippen molar-refractivity contribution in [1.82, 2.24) is 10.9 Å².